The van der Waals surface area contributed by atoms with Gasteiger partial charge in [-0.05, 0) is 39.3 Å². The second kappa shape index (κ2) is 9.21. The molecule has 0 radical (unpaired) electrons. The summed E-state index contributed by atoms with van der Waals surface area (Å²) >= 11 is 0. The lowest BCUT2D eigenvalue weighted by Crippen LogP contribution is -2.62. The summed E-state index contributed by atoms with van der Waals surface area (Å²) < 4.78 is 5.45. The smallest absolute Gasteiger partial charge is 0.410 e. The summed E-state index contributed by atoms with van der Waals surface area (Å²) in [4.78, 5) is 35.1. The van der Waals surface area contributed by atoms with E-state index in [4.69, 9.17) is 4.74 Å². The van der Waals surface area contributed by atoms with E-state index >= 15 is 0 Å². The molecule has 2 unspecified atom stereocenters. The van der Waals surface area contributed by atoms with Crippen molar-refractivity contribution < 1.29 is 14.3 Å². The van der Waals surface area contributed by atoms with Gasteiger partial charge in [-0.15, -0.1) is 0 Å². The second-order valence-corrected chi connectivity index (χ2v) is 8.49. The van der Waals surface area contributed by atoms with Gasteiger partial charge in [0.2, 0.25) is 5.91 Å². The Morgan fingerprint density at radius 1 is 1.17 bits per heavy atom. The number of hydrogen-bond acceptors (Lipinski definition) is 6. The van der Waals surface area contributed by atoms with Crippen LogP contribution in [0.2, 0.25) is 0 Å². The average Bonchev–Trinajstić information content (AvgIpc) is 2.71. The molecule has 2 aromatic rings. The maximum absolute atomic E-state index is 12.7. The molecule has 160 valence electrons. The van der Waals surface area contributed by atoms with Crippen molar-refractivity contribution >= 4 is 12.0 Å². The van der Waals surface area contributed by atoms with Crippen molar-refractivity contribution in [1.82, 2.24) is 25.5 Å². The molecule has 30 heavy (non-hydrogen) atoms. The first-order chi connectivity index (χ1) is 14.2. The zero-order chi connectivity index (χ0) is 21.7. The summed E-state index contributed by atoms with van der Waals surface area (Å²) in [5.74, 6) is 0.515. The van der Waals surface area contributed by atoms with Gasteiger partial charge in [0, 0.05) is 43.6 Å². The lowest BCUT2D eigenvalue weighted by Gasteiger charge is -2.37. The number of aromatic nitrogens is 2. The fraction of sp³-hybridized carbons (Fsp3) is 0.455. The third kappa shape index (κ3) is 6.00. The van der Waals surface area contributed by atoms with Crippen LogP contribution in [0.3, 0.4) is 0 Å². The molecule has 8 nitrogen and oxygen atoms in total. The molecule has 2 heterocycles. The summed E-state index contributed by atoms with van der Waals surface area (Å²) in [5, 5.41) is 6.20. The zero-order valence-corrected chi connectivity index (χ0v) is 17.9. The molecule has 1 aromatic carbocycles. The molecule has 0 bridgehead atoms. The van der Waals surface area contributed by atoms with E-state index in [1.807, 2.05) is 52.0 Å². The van der Waals surface area contributed by atoms with Crippen molar-refractivity contribution in [2.45, 2.75) is 51.9 Å². The predicted molar refractivity (Wildman–Crippen MR) is 114 cm³/mol. The summed E-state index contributed by atoms with van der Waals surface area (Å²) in [7, 11) is 0. The maximum atomic E-state index is 12.7. The summed E-state index contributed by atoms with van der Waals surface area (Å²) in [6.07, 6.45) is 3.01. The van der Waals surface area contributed by atoms with E-state index in [1.54, 1.807) is 23.4 Å². The minimum Gasteiger partial charge on any atom is -0.444 e. The molecule has 1 aliphatic heterocycles. The third-order valence-electron chi connectivity index (χ3n) is 4.60. The van der Waals surface area contributed by atoms with Gasteiger partial charge in [-0.2, -0.15) is 0 Å². The van der Waals surface area contributed by atoms with Crippen LogP contribution in [-0.2, 0) is 16.1 Å². The Hall–Kier alpha value is -3.00. The normalized spacial score (nSPS) is 19.3. The molecule has 1 fully saturated rings. The largest absolute Gasteiger partial charge is 0.444 e. The number of piperazine rings is 1. The number of nitrogens with zero attached hydrogens (tertiary/aromatic N) is 3. The molecule has 0 aliphatic carbocycles. The Kier molecular flexibility index (Phi) is 6.66. The number of carbonyl (C=O) groups excluding carboxylic acids is 2. The van der Waals surface area contributed by atoms with Crippen molar-refractivity contribution in [2.24, 2.45) is 0 Å². The van der Waals surface area contributed by atoms with E-state index in [-0.39, 0.29) is 18.5 Å². The van der Waals surface area contributed by atoms with Gasteiger partial charge in [0.05, 0.1) is 0 Å². The van der Waals surface area contributed by atoms with Crippen molar-refractivity contribution in [3.8, 4) is 11.4 Å². The Morgan fingerprint density at radius 3 is 2.47 bits per heavy atom. The number of carbonyl (C=O) groups is 2. The topological polar surface area (TPSA) is 96.5 Å². The van der Waals surface area contributed by atoms with E-state index in [9.17, 15) is 9.59 Å². The van der Waals surface area contributed by atoms with Crippen molar-refractivity contribution in [2.75, 3.05) is 13.1 Å². The van der Waals surface area contributed by atoms with Crippen molar-refractivity contribution in [3.63, 3.8) is 0 Å². The number of benzene rings is 1. The minimum absolute atomic E-state index is 0.00725. The van der Waals surface area contributed by atoms with Crippen LogP contribution in [0.4, 0.5) is 4.79 Å². The highest BCUT2D eigenvalue weighted by molar-refractivity contribution is 5.83. The Morgan fingerprint density at radius 2 is 1.83 bits per heavy atom. The lowest BCUT2D eigenvalue weighted by atomic mass is 10.1. The summed E-state index contributed by atoms with van der Waals surface area (Å²) in [6.45, 7) is 8.60. The number of hydrogen-bond donors (Lipinski definition) is 2. The van der Waals surface area contributed by atoms with Gasteiger partial charge in [0.25, 0.3) is 0 Å². The summed E-state index contributed by atoms with van der Waals surface area (Å²) in [5.41, 5.74) is 1.32. The van der Waals surface area contributed by atoms with Gasteiger partial charge in [0.1, 0.15) is 11.6 Å². The molecule has 2 N–H and O–H groups in total. The highest BCUT2D eigenvalue weighted by Gasteiger charge is 2.33. The van der Waals surface area contributed by atoms with E-state index in [2.05, 4.69) is 20.6 Å². The van der Waals surface area contributed by atoms with Gasteiger partial charge in [-0.1, -0.05) is 24.3 Å². The SMILES string of the molecule is CC1CN(C(=O)OC(C)(C)C)CC(C(=O)NCc2ccc(-c3ncccn3)cc2)N1. The molecule has 8 heteroatoms. The van der Waals surface area contributed by atoms with Gasteiger partial charge < -0.3 is 20.3 Å². The Bertz CT molecular complexity index is 865. The minimum atomic E-state index is -0.570. The standard InChI is InChI=1S/C22H29N5O3/c1-15-13-27(21(29)30-22(2,3)4)14-18(26-15)20(28)25-12-16-6-8-17(9-7-16)19-23-10-5-11-24-19/h5-11,15,18,26H,12-14H2,1-4H3,(H,25,28). The molecule has 1 aromatic heterocycles. The van der Waals surface area contributed by atoms with Gasteiger partial charge >= 0.3 is 6.09 Å². The average molecular weight is 412 g/mol. The second-order valence-electron chi connectivity index (χ2n) is 8.49. The van der Waals surface area contributed by atoms with Crippen LogP contribution in [0.1, 0.15) is 33.3 Å². The highest BCUT2D eigenvalue weighted by atomic mass is 16.6. The highest BCUT2D eigenvalue weighted by Crippen LogP contribution is 2.15. The maximum Gasteiger partial charge on any atom is 0.410 e. The van der Waals surface area contributed by atoms with Gasteiger partial charge in [0.15, 0.2) is 5.82 Å². The number of rotatable bonds is 4. The Labute approximate surface area is 177 Å². The van der Waals surface area contributed by atoms with E-state index < -0.39 is 17.7 Å². The van der Waals surface area contributed by atoms with Crippen LogP contribution in [0.5, 0.6) is 0 Å². The molecule has 0 saturated carbocycles. The fourth-order valence-corrected chi connectivity index (χ4v) is 3.24. The van der Waals surface area contributed by atoms with Crippen LogP contribution in [-0.4, -0.2) is 57.6 Å². The molecule has 1 saturated heterocycles. The van der Waals surface area contributed by atoms with Crippen LogP contribution in [0, 0.1) is 0 Å². The zero-order valence-electron chi connectivity index (χ0n) is 17.9. The van der Waals surface area contributed by atoms with Gasteiger partial charge in [-0.25, -0.2) is 14.8 Å². The van der Waals surface area contributed by atoms with Crippen molar-refractivity contribution in [1.29, 1.82) is 0 Å². The molecule has 1 aliphatic rings. The summed E-state index contributed by atoms with van der Waals surface area (Å²) in [6, 6.07) is 9.03. The van der Waals surface area contributed by atoms with Crippen LogP contribution < -0.4 is 10.6 Å². The molecular weight excluding hydrogens is 382 g/mol. The van der Waals surface area contributed by atoms with E-state index in [1.165, 1.54) is 0 Å². The van der Waals surface area contributed by atoms with Gasteiger partial charge in [-0.3, -0.25) is 4.79 Å². The predicted octanol–water partition coefficient (Wildman–Crippen LogP) is 2.36. The van der Waals surface area contributed by atoms with E-state index in [0.29, 0.717) is 18.9 Å². The molecule has 0 spiro atoms. The van der Waals surface area contributed by atoms with Crippen molar-refractivity contribution in [3.05, 3.63) is 48.3 Å². The first-order valence-electron chi connectivity index (χ1n) is 10.1. The molecule has 2 atom stereocenters. The molecule has 3 rings (SSSR count). The van der Waals surface area contributed by atoms with E-state index in [0.717, 1.165) is 11.1 Å². The Balaban J connectivity index is 1.55. The number of amides is 2. The molecular formula is C22H29N5O3. The monoisotopic (exact) mass is 411 g/mol. The van der Waals surface area contributed by atoms with Crippen LogP contribution >= 0.6 is 0 Å². The third-order valence-corrected chi connectivity index (χ3v) is 4.60. The molecule has 2 amide bonds. The number of ether oxygens (including phenoxy) is 1. The quantitative estimate of drug-likeness (QED) is 0.802. The fourth-order valence-electron chi connectivity index (χ4n) is 3.24. The number of nitrogens with one attached hydrogen (secondary N) is 2. The van der Waals surface area contributed by atoms with Crippen LogP contribution in [0.25, 0.3) is 11.4 Å². The first-order valence-corrected chi connectivity index (χ1v) is 10.1. The lowest BCUT2D eigenvalue weighted by molar-refractivity contribution is -0.124. The van der Waals surface area contributed by atoms with Crippen LogP contribution in [0.15, 0.2) is 42.7 Å². The first kappa shape index (κ1) is 21.7.